The first kappa shape index (κ1) is 18.4. The molecule has 1 aromatic heterocycles. The molecule has 1 saturated heterocycles. The maximum atomic E-state index is 4.86. The molecule has 1 aliphatic rings. The molecule has 4 nitrogen and oxygen atoms in total. The van der Waals surface area contributed by atoms with Gasteiger partial charge in [-0.2, -0.15) is 0 Å². The van der Waals surface area contributed by atoms with Crippen LogP contribution in [-0.2, 0) is 12.8 Å². The van der Waals surface area contributed by atoms with Crippen LogP contribution in [0.3, 0.4) is 0 Å². The Kier molecular flexibility index (Phi) is 6.64. The Morgan fingerprint density at radius 3 is 2.77 bits per heavy atom. The summed E-state index contributed by atoms with van der Waals surface area (Å²) >= 11 is 0. The Morgan fingerprint density at radius 1 is 1.19 bits per heavy atom. The van der Waals surface area contributed by atoms with E-state index in [9.17, 15) is 0 Å². The first-order valence-electron chi connectivity index (χ1n) is 9.73. The van der Waals surface area contributed by atoms with Crippen molar-refractivity contribution in [3.8, 4) is 0 Å². The number of aryl methyl sites for hydroxylation is 1. The standard InChI is InChI=1S/C22H30N4/c1-3-23-22(24-13-11-20-10-9-18(2)25-16-20)26-14-12-21(17-26)15-19-7-5-4-6-8-19/h4-10,16,21H,3,11-15,17H2,1-2H3,(H,23,24). The lowest BCUT2D eigenvalue weighted by Gasteiger charge is -2.21. The van der Waals surface area contributed by atoms with Crippen molar-refractivity contribution in [2.75, 3.05) is 26.2 Å². The van der Waals surface area contributed by atoms with Gasteiger partial charge in [-0.3, -0.25) is 9.98 Å². The van der Waals surface area contributed by atoms with Gasteiger partial charge in [-0.1, -0.05) is 36.4 Å². The second-order valence-electron chi connectivity index (χ2n) is 7.08. The lowest BCUT2D eigenvalue weighted by molar-refractivity contribution is 0.460. The number of rotatable bonds is 6. The van der Waals surface area contributed by atoms with Crippen molar-refractivity contribution in [2.45, 2.75) is 33.1 Å². The van der Waals surface area contributed by atoms with Gasteiger partial charge in [0, 0.05) is 38.1 Å². The molecule has 1 aromatic carbocycles. The van der Waals surface area contributed by atoms with Crippen molar-refractivity contribution in [1.82, 2.24) is 15.2 Å². The maximum absolute atomic E-state index is 4.86. The summed E-state index contributed by atoms with van der Waals surface area (Å²) in [6, 6.07) is 15.0. The number of guanidine groups is 1. The van der Waals surface area contributed by atoms with Crippen LogP contribution in [0.2, 0.25) is 0 Å². The highest BCUT2D eigenvalue weighted by Gasteiger charge is 2.24. The van der Waals surface area contributed by atoms with Gasteiger partial charge in [-0.05, 0) is 56.2 Å². The lowest BCUT2D eigenvalue weighted by atomic mass is 9.99. The topological polar surface area (TPSA) is 40.5 Å². The van der Waals surface area contributed by atoms with E-state index in [0.29, 0.717) is 5.92 Å². The minimum absolute atomic E-state index is 0.711. The number of hydrogen-bond acceptors (Lipinski definition) is 2. The second kappa shape index (κ2) is 9.37. The van der Waals surface area contributed by atoms with E-state index in [2.05, 4.69) is 64.6 Å². The molecule has 2 heterocycles. The largest absolute Gasteiger partial charge is 0.357 e. The third kappa shape index (κ3) is 5.32. The maximum Gasteiger partial charge on any atom is 0.193 e. The normalized spacial score (nSPS) is 17.5. The Hall–Kier alpha value is -2.36. The summed E-state index contributed by atoms with van der Waals surface area (Å²) in [4.78, 5) is 11.6. The summed E-state index contributed by atoms with van der Waals surface area (Å²) in [5, 5.41) is 3.46. The van der Waals surface area contributed by atoms with Crippen LogP contribution < -0.4 is 5.32 Å². The molecule has 1 atom stereocenters. The van der Waals surface area contributed by atoms with Crippen LogP contribution in [-0.4, -0.2) is 42.0 Å². The zero-order valence-electron chi connectivity index (χ0n) is 16.0. The lowest BCUT2D eigenvalue weighted by Crippen LogP contribution is -2.40. The van der Waals surface area contributed by atoms with E-state index < -0.39 is 0 Å². The van der Waals surface area contributed by atoms with Gasteiger partial charge in [0.15, 0.2) is 5.96 Å². The van der Waals surface area contributed by atoms with E-state index in [1.807, 2.05) is 13.1 Å². The number of aliphatic imine (C=N–C) groups is 1. The van der Waals surface area contributed by atoms with Crippen LogP contribution in [0.25, 0.3) is 0 Å². The minimum atomic E-state index is 0.711. The number of nitrogens with one attached hydrogen (secondary N) is 1. The van der Waals surface area contributed by atoms with Gasteiger partial charge in [0.2, 0.25) is 0 Å². The first-order valence-corrected chi connectivity index (χ1v) is 9.73. The van der Waals surface area contributed by atoms with Crippen LogP contribution in [0.15, 0.2) is 53.7 Å². The SMILES string of the molecule is CCNC(=NCCc1ccc(C)nc1)N1CCC(Cc2ccccc2)C1. The highest BCUT2D eigenvalue weighted by atomic mass is 15.3. The molecule has 1 fully saturated rings. The van der Waals surface area contributed by atoms with Crippen LogP contribution in [0, 0.1) is 12.8 Å². The van der Waals surface area contributed by atoms with Crippen molar-refractivity contribution < 1.29 is 0 Å². The van der Waals surface area contributed by atoms with Crippen LogP contribution in [0.5, 0.6) is 0 Å². The fourth-order valence-corrected chi connectivity index (χ4v) is 3.50. The fraction of sp³-hybridized carbons (Fsp3) is 0.455. The zero-order chi connectivity index (χ0) is 18.2. The number of aromatic nitrogens is 1. The molecule has 1 N–H and O–H groups in total. The molecule has 2 aromatic rings. The van der Waals surface area contributed by atoms with Gasteiger partial charge in [0.1, 0.15) is 0 Å². The zero-order valence-corrected chi connectivity index (χ0v) is 16.0. The Labute approximate surface area is 157 Å². The van der Waals surface area contributed by atoms with Crippen LogP contribution in [0.1, 0.15) is 30.2 Å². The van der Waals surface area contributed by atoms with Gasteiger partial charge < -0.3 is 10.2 Å². The smallest absolute Gasteiger partial charge is 0.193 e. The van der Waals surface area contributed by atoms with Gasteiger partial charge in [0.25, 0.3) is 0 Å². The number of benzene rings is 1. The summed E-state index contributed by atoms with van der Waals surface area (Å²) in [5.74, 6) is 1.77. The van der Waals surface area contributed by atoms with Crippen molar-refractivity contribution in [1.29, 1.82) is 0 Å². The molecule has 26 heavy (non-hydrogen) atoms. The first-order chi connectivity index (χ1) is 12.7. The highest BCUT2D eigenvalue weighted by Crippen LogP contribution is 2.21. The molecule has 1 unspecified atom stereocenters. The molecule has 0 radical (unpaired) electrons. The van der Waals surface area contributed by atoms with E-state index in [4.69, 9.17) is 4.99 Å². The quantitative estimate of drug-likeness (QED) is 0.641. The second-order valence-corrected chi connectivity index (χ2v) is 7.08. The van der Waals surface area contributed by atoms with Crippen LogP contribution in [0.4, 0.5) is 0 Å². The molecule has 138 valence electrons. The summed E-state index contributed by atoms with van der Waals surface area (Å²) < 4.78 is 0. The van der Waals surface area contributed by atoms with E-state index in [0.717, 1.165) is 50.7 Å². The predicted molar refractivity (Wildman–Crippen MR) is 108 cm³/mol. The summed E-state index contributed by atoms with van der Waals surface area (Å²) in [7, 11) is 0. The van der Waals surface area contributed by atoms with Crippen molar-refractivity contribution in [3.05, 3.63) is 65.5 Å². The molecule has 1 aliphatic heterocycles. The molecule has 0 saturated carbocycles. The van der Waals surface area contributed by atoms with Crippen molar-refractivity contribution in [3.63, 3.8) is 0 Å². The van der Waals surface area contributed by atoms with Crippen molar-refractivity contribution >= 4 is 5.96 Å². The Balaban J connectivity index is 1.54. The highest BCUT2D eigenvalue weighted by molar-refractivity contribution is 5.80. The van der Waals surface area contributed by atoms with Crippen LogP contribution >= 0.6 is 0 Å². The molecule has 4 heteroatoms. The predicted octanol–water partition coefficient (Wildman–Crippen LogP) is 3.46. The van der Waals surface area contributed by atoms with Gasteiger partial charge in [-0.15, -0.1) is 0 Å². The molecule has 3 rings (SSSR count). The van der Waals surface area contributed by atoms with E-state index >= 15 is 0 Å². The molecule has 0 bridgehead atoms. The van der Waals surface area contributed by atoms with Gasteiger partial charge >= 0.3 is 0 Å². The fourth-order valence-electron chi connectivity index (χ4n) is 3.50. The minimum Gasteiger partial charge on any atom is -0.357 e. The number of likely N-dealkylation sites (tertiary alicyclic amines) is 1. The Morgan fingerprint density at radius 2 is 2.04 bits per heavy atom. The third-order valence-corrected chi connectivity index (χ3v) is 4.92. The monoisotopic (exact) mass is 350 g/mol. The van der Waals surface area contributed by atoms with E-state index in [1.165, 1.54) is 17.5 Å². The molecule has 0 aliphatic carbocycles. The molecule has 0 spiro atoms. The number of pyridine rings is 1. The summed E-state index contributed by atoms with van der Waals surface area (Å²) in [5.41, 5.74) is 3.75. The molecular formula is C22H30N4. The van der Waals surface area contributed by atoms with E-state index in [-0.39, 0.29) is 0 Å². The average Bonchev–Trinajstić information content (AvgIpc) is 3.12. The van der Waals surface area contributed by atoms with E-state index in [1.54, 1.807) is 0 Å². The number of nitrogens with zero attached hydrogens (tertiary/aromatic N) is 3. The molecular weight excluding hydrogens is 320 g/mol. The third-order valence-electron chi connectivity index (χ3n) is 4.92. The Bertz CT molecular complexity index is 694. The molecule has 0 amide bonds. The van der Waals surface area contributed by atoms with Gasteiger partial charge in [0.05, 0.1) is 0 Å². The van der Waals surface area contributed by atoms with Crippen molar-refractivity contribution in [2.24, 2.45) is 10.9 Å². The summed E-state index contributed by atoms with van der Waals surface area (Å²) in [6.07, 6.45) is 5.29. The number of hydrogen-bond donors (Lipinski definition) is 1. The summed E-state index contributed by atoms with van der Waals surface area (Å²) in [6.45, 7) is 8.04. The average molecular weight is 351 g/mol. The van der Waals surface area contributed by atoms with Gasteiger partial charge in [-0.25, -0.2) is 0 Å².